The summed E-state index contributed by atoms with van der Waals surface area (Å²) in [7, 11) is 1.74. The van der Waals surface area contributed by atoms with Crippen molar-refractivity contribution in [2.24, 2.45) is 0 Å². The van der Waals surface area contributed by atoms with Crippen LogP contribution >= 0.6 is 23.2 Å². The molecule has 0 aliphatic rings. The lowest BCUT2D eigenvalue weighted by Crippen LogP contribution is -2.13. The molecule has 0 saturated heterocycles. The van der Waals surface area contributed by atoms with E-state index in [2.05, 4.69) is 23.4 Å². The molecule has 0 saturated carbocycles. The van der Waals surface area contributed by atoms with E-state index < -0.39 is 0 Å². The highest BCUT2D eigenvalue weighted by Crippen LogP contribution is 2.35. The molecule has 2 heterocycles. The first-order valence-electron chi connectivity index (χ1n) is 8.90. The zero-order valence-electron chi connectivity index (χ0n) is 15.3. The van der Waals surface area contributed by atoms with Gasteiger partial charge >= 0.3 is 0 Å². The second-order valence-electron chi connectivity index (χ2n) is 6.25. The SMILES string of the molecule is CCc1nc2c(-c3ccc(Cl)cc3Cl)nccc2n1C(CC)CCOC. The van der Waals surface area contributed by atoms with Crippen LogP contribution in [0.4, 0.5) is 0 Å². The van der Waals surface area contributed by atoms with Crippen LogP contribution in [0.3, 0.4) is 0 Å². The molecule has 6 heteroatoms. The largest absolute Gasteiger partial charge is 0.385 e. The Morgan fingerprint density at radius 3 is 2.65 bits per heavy atom. The molecule has 0 aliphatic carbocycles. The summed E-state index contributed by atoms with van der Waals surface area (Å²) in [6.07, 6.45) is 4.64. The first-order chi connectivity index (χ1) is 12.6. The van der Waals surface area contributed by atoms with Crippen LogP contribution in [0.15, 0.2) is 30.5 Å². The van der Waals surface area contributed by atoms with E-state index in [0.717, 1.165) is 54.0 Å². The third-order valence-electron chi connectivity index (χ3n) is 4.68. The quantitative estimate of drug-likeness (QED) is 0.498. The standard InChI is InChI=1S/C20H23Cl2N3O/c1-4-14(9-11-26-3)25-17-8-10-23-19(20(17)24-18(25)5-2)15-7-6-13(21)12-16(15)22/h6-8,10,12,14H,4-5,9,11H2,1-3H3. The van der Waals surface area contributed by atoms with Gasteiger partial charge in [0.25, 0.3) is 0 Å². The average Bonchev–Trinajstić information content (AvgIpc) is 3.01. The molecule has 0 bridgehead atoms. The number of nitrogens with zero attached hydrogens (tertiary/aromatic N) is 3. The number of benzene rings is 1. The minimum absolute atomic E-state index is 0.339. The van der Waals surface area contributed by atoms with Crippen LogP contribution in [0.25, 0.3) is 22.3 Å². The van der Waals surface area contributed by atoms with E-state index in [1.807, 2.05) is 24.4 Å². The van der Waals surface area contributed by atoms with Crippen molar-refractivity contribution in [1.29, 1.82) is 0 Å². The van der Waals surface area contributed by atoms with Gasteiger partial charge in [-0.15, -0.1) is 0 Å². The van der Waals surface area contributed by atoms with Gasteiger partial charge in [0.1, 0.15) is 11.3 Å². The van der Waals surface area contributed by atoms with Crippen molar-refractivity contribution in [3.05, 3.63) is 46.3 Å². The topological polar surface area (TPSA) is 39.9 Å². The van der Waals surface area contributed by atoms with Crippen LogP contribution in [-0.4, -0.2) is 28.3 Å². The summed E-state index contributed by atoms with van der Waals surface area (Å²) in [6.45, 7) is 5.05. The first kappa shape index (κ1) is 19.2. The molecular formula is C20H23Cl2N3O. The van der Waals surface area contributed by atoms with Crippen LogP contribution in [0.5, 0.6) is 0 Å². The Morgan fingerprint density at radius 1 is 1.19 bits per heavy atom. The van der Waals surface area contributed by atoms with Crippen LogP contribution in [0.2, 0.25) is 10.0 Å². The number of methoxy groups -OCH3 is 1. The van der Waals surface area contributed by atoms with Gasteiger partial charge in [-0.05, 0) is 37.1 Å². The smallest absolute Gasteiger partial charge is 0.115 e. The molecule has 3 aromatic rings. The van der Waals surface area contributed by atoms with Crippen LogP contribution in [0, 0.1) is 0 Å². The number of ether oxygens (including phenoxy) is 1. The maximum absolute atomic E-state index is 6.43. The van der Waals surface area contributed by atoms with Gasteiger partial charge in [0.2, 0.25) is 0 Å². The van der Waals surface area contributed by atoms with Gasteiger partial charge in [0.15, 0.2) is 0 Å². The zero-order chi connectivity index (χ0) is 18.7. The van der Waals surface area contributed by atoms with Gasteiger partial charge in [0.05, 0.1) is 16.2 Å². The fourth-order valence-electron chi connectivity index (χ4n) is 3.38. The van der Waals surface area contributed by atoms with Crippen molar-refractivity contribution < 1.29 is 4.74 Å². The molecule has 1 unspecified atom stereocenters. The molecule has 0 radical (unpaired) electrons. The Hall–Kier alpha value is -1.62. The van der Waals surface area contributed by atoms with Crippen molar-refractivity contribution in [1.82, 2.24) is 14.5 Å². The molecule has 0 spiro atoms. The van der Waals surface area contributed by atoms with Crippen LogP contribution in [0.1, 0.15) is 38.6 Å². The molecule has 4 nitrogen and oxygen atoms in total. The molecule has 0 fully saturated rings. The Bertz CT molecular complexity index is 907. The minimum atomic E-state index is 0.339. The second-order valence-corrected chi connectivity index (χ2v) is 7.09. The normalized spacial score (nSPS) is 12.7. The number of imidazole rings is 1. The maximum atomic E-state index is 6.43. The number of aromatic nitrogens is 3. The maximum Gasteiger partial charge on any atom is 0.115 e. The lowest BCUT2D eigenvalue weighted by Gasteiger charge is -2.20. The Balaban J connectivity index is 2.20. The Labute approximate surface area is 164 Å². The molecule has 3 rings (SSSR count). The van der Waals surface area contributed by atoms with Crippen LogP contribution in [-0.2, 0) is 11.2 Å². The summed E-state index contributed by atoms with van der Waals surface area (Å²) in [5, 5.41) is 1.19. The van der Waals surface area contributed by atoms with Crippen molar-refractivity contribution in [2.45, 2.75) is 39.2 Å². The summed E-state index contributed by atoms with van der Waals surface area (Å²) < 4.78 is 7.64. The van der Waals surface area contributed by atoms with Crippen LogP contribution < -0.4 is 0 Å². The number of fused-ring (bicyclic) bond motifs is 1. The van der Waals surface area contributed by atoms with E-state index >= 15 is 0 Å². The molecule has 0 aliphatic heterocycles. The van der Waals surface area contributed by atoms with Crippen molar-refractivity contribution in [3.8, 4) is 11.3 Å². The molecule has 0 amide bonds. The summed E-state index contributed by atoms with van der Waals surface area (Å²) in [6, 6.07) is 7.84. The molecule has 1 atom stereocenters. The summed E-state index contributed by atoms with van der Waals surface area (Å²) >= 11 is 12.5. The number of halogens is 2. The number of rotatable bonds is 7. The van der Waals surface area contributed by atoms with Gasteiger partial charge < -0.3 is 9.30 Å². The molecule has 2 aromatic heterocycles. The van der Waals surface area contributed by atoms with Gasteiger partial charge in [-0.3, -0.25) is 4.98 Å². The summed E-state index contributed by atoms with van der Waals surface area (Å²) in [4.78, 5) is 9.49. The molecule has 26 heavy (non-hydrogen) atoms. The second kappa shape index (κ2) is 8.38. The van der Waals surface area contributed by atoms with E-state index in [4.69, 9.17) is 32.9 Å². The molecule has 1 aromatic carbocycles. The highest BCUT2D eigenvalue weighted by atomic mass is 35.5. The monoisotopic (exact) mass is 391 g/mol. The van der Waals surface area contributed by atoms with Gasteiger partial charge in [-0.25, -0.2) is 4.98 Å². The highest BCUT2D eigenvalue weighted by molar-refractivity contribution is 6.36. The molecular weight excluding hydrogens is 369 g/mol. The zero-order valence-corrected chi connectivity index (χ0v) is 16.8. The summed E-state index contributed by atoms with van der Waals surface area (Å²) in [5.41, 5.74) is 3.60. The minimum Gasteiger partial charge on any atom is -0.385 e. The van der Waals surface area contributed by atoms with Crippen molar-refractivity contribution in [3.63, 3.8) is 0 Å². The number of hydrogen-bond acceptors (Lipinski definition) is 3. The lowest BCUT2D eigenvalue weighted by atomic mass is 10.1. The number of aryl methyl sites for hydroxylation is 1. The van der Waals surface area contributed by atoms with E-state index in [1.54, 1.807) is 13.2 Å². The first-order valence-corrected chi connectivity index (χ1v) is 9.66. The van der Waals surface area contributed by atoms with Gasteiger partial charge in [-0.2, -0.15) is 0 Å². The van der Waals surface area contributed by atoms with Crippen molar-refractivity contribution >= 4 is 34.2 Å². The predicted molar refractivity (Wildman–Crippen MR) is 108 cm³/mol. The fourth-order valence-corrected chi connectivity index (χ4v) is 3.87. The molecule has 0 N–H and O–H groups in total. The van der Waals surface area contributed by atoms with E-state index in [-0.39, 0.29) is 0 Å². The average molecular weight is 392 g/mol. The third-order valence-corrected chi connectivity index (χ3v) is 5.22. The fraction of sp³-hybridized carbons (Fsp3) is 0.400. The predicted octanol–water partition coefficient (Wildman–Crippen LogP) is 5.96. The highest BCUT2D eigenvalue weighted by Gasteiger charge is 2.20. The van der Waals surface area contributed by atoms with Gasteiger partial charge in [-0.1, -0.05) is 37.0 Å². The van der Waals surface area contributed by atoms with E-state index in [9.17, 15) is 0 Å². The Kier molecular flexibility index (Phi) is 6.17. The molecule has 138 valence electrons. The Morgan fingerprint density at radius 2 is 2.00 bits per heavy atom. The van der Waals surface area contributed by atoms with E-state index in [0.29, 0.717) is 16.1 Å². The van der Waals surface area contributed by atoms with Crippen molar-refractivity contribution in [2.75, 3.05) is 13.7 Å². The van der Waals surface area contributed by atoms with Gasteiger partial charge in [0, 0.05) is 43.0 Å². The van der Waals surface area contributed by atoms with E-state index in [1.165, 1.54) is 0 Å². The number of hydrogen-bond donors (Lipinski definition) is 0. The number of pyridine rings is 1. The lowest BCUT2D eigenvalue weighted by molar-refractivity contribution is 0.177. The third kappa shape index (κ3) is 3.59. The summed E-state index contributed by atoms with van der Waals surface area (Å²) in [5.74, 6) is 1.06.